The second-order valence-corrected chi connectivity index (χ2v) is 7.21. The summed E-state index contributed by atoms with van der Waals surface area (Å²) in [7, 11) is 1.26. The molecule has 3 rings (SSSR count). The number of halogens is 2. The third kappa shape index (κ3) is 5.02. The smallest absolute Gasteiger partial charge is 0.407 e. The van der Waals surface area contributed by atoms with Crippen LogP contribution in [-0.2, 0) is 19.1 Å². The van der Waals surface area contributed by atoms with Crippen LogP contribution >= 0.6 is 0 Å². The third-order valence-corrected chi connectivity index (χ3v) is 5.08. The number of amides is 2. The van der Waals surface area contributed by atoms with Gasteiger partial charge < -0.3 is 25.2 Å². The maximum Gasteiger partial charge on any atom is 0.407 e. The van der Waals surface area contributed by atoms with Crippen molar-refractivity contribution in [3.8, 4) is 11.1 Å². The number of fused-ring (bicyclic) bond motifs is 3. The van der Waals surface area contributed by atoms with Crippen LogP contribution in [0.15, 0.2) is 48.5 Å². The van der Waals surface area contributed by atoms with E-state index in [1.54, 1.807) is 5.32 Å². The van der Waals surface area contributed by atoms with Crippen molar-refractivity contribution in [3.63, 3.8) is 0 Å². The molecule has 0 radical (unpaired) electrons. The lowest BCUT2D eigenvalue weighted by atomic mass is 9.98. The number of carboxylic acid groups (broad SMARTS) is 1. The molecule has 2 aromatic rings. The molecule has 0 bridgehead atoms. The molecule has 0 heterocycles. The number of hydrogen-bond acceptors (Lipinski definition) is 5. The van der Waals surface area contributed by atoms with Crippen LogP contribution in [0.5, 0.6) is 0 Å². The van der Waals surface area contributed by atoms with Gasteiger partial charge in [-0.2, -0.15) is 8.78 Å². The fraction of sp³-hybridized carbons (Fsp3) is 0.318. The molecule has 0 saturated heterocycles. The number of rotatable bonds is 9. The summed E-state index contributed by atoms with van der Waals surface area (Å²) in [4.78, 5) is 34.9. The SMILES string of the molecule is COCC(NC(=O)OCC1c2ccccc2-c2ccccc21)C(=O)NCC(F)(F)C(=O)O. The molecule has 8 nitrogen and oxygen atoms in total. The largest absolute Gasteiger partial charge is 0.477 e. The number of ether oxygens (including phenoxy) is 2. The Hall–Kier alpha value is -3.53. The van der Waals surface area contributed by atoms with E-state index in [4.69, 9.17) is 14.6 Å². The summed E-state index contributed by atoms with van der Waals surface area (Å²) in [5.41, 5.74) is 4.10. The standard InChI is InChI=1S/C22H22F2N2O6/c1-31-11-18(19(27)25-12-22(23,24)20(28)29)26-21(30)32-10-17-15-8-4-2-6-13(15)14-7-3-5-9-16(14)17/h2-9,17-18H,10-12H2,1H3,(H,25,27)(H,26,30)(H,28,29). The first-order valence-electron chi connectivity index (χ1n) is 9.74. The van der Waals surface area contributed by atoms with Gasteiger partial charge in [-0.25, -0.2) is 9.59 Å². The Morgan fingerprint density at radius 1 is 1.06 bits per heavy atom. The van der Waals surface area contributed by atoms with Gasteiger partial charge in [-0.15, -0.1) is 0 Å². The van der Waals surface area contributed by atoms with E-state index in [2.05, 4.69) is 5.32 Å². The summed E-state index contributed by atoms with van der Waals surface area (Å²) in [6.45, 7) is -1.75. The number of nitrogens with one attached hydrogen (secondary N) is 2. The molecular weight excluding hydrogens is 426 g/mol. The van der Waals surface area contributed by atoms with Crippen molar-refractivity contribution in [2.75, 3.05) is 26.9 Å². The summed E-state index contributed by atoms with van der Waals surface area (Å²) in [6, 6.07) is 14.2. The molecule has 1 unspecified atom stereocenters. The van der Waals surface area contributed by atoms with Crippen LogP contribution in [0.1, 0.15) is 17.0 Å². The highest BCUT2D eigenvalue weighted by Gasteiger charge is 2.39. The molecule has 32 heavy (non-hydrogen) atoms. The molecule has 170 valence electrons. The van der Waals surface area contributed by atoms with Gasteiger partial charge in [0.15, 0.2) is 0 Å². The normalized spacial score (nSPS) is 13.6. The minimum Gasteiger partial charge on any atom is -0.477 e. The number of methoxy groups -OCH3 is 1. The Bertz CT molecular complexity index is 968. The van der Waals surface area contributed by atoms with Crippen LogP contribution in [0.4, 0.5) is 13.6 Å². The summed E-state index contributed by atoms with van der Waals surface area (Å²) < 4.78 is 36.6. The van der Waals surface area contributed by atoms with E-state index < -0.39 is 36.5 Å². The first-order valence-corrected chi connectivity index (χ1v) is 9.74. The van der Waals surface area contributed by atoms with Gasteiger partial charge in [-0.1, -0.05) is 48.5 Å². The van der Waals surface area contributed by atoms with E-state index >= 15 is 0 Å². The second-order valence-electron chi connectivity index (χ2n) is 7.21. The van der Waals surface area contributed by atoms with Crippen LogP contribution in [0.2, 0.25) is 0 Å². The monoisotopic (exact) mass is 448 g/mol. The fourth-order valence-corrected chi connectivity index (χ4v) is 3.53. The van der Waals surface area contributed by atoms with E-state index in [0.717, 1.165) is 22.3 Å². The van der Waals surface area contributed by atoms with Gasteiger partial charge in [-0.05, 0) is 22.3 Å². The minimum absolute atomic E-state index is 0.00172. The molecule has 1 aliphatic carbocycles. The lowest BCUT2D eigenvalue weighted by Crippen LogP contribution is -2.52. The van der Waals surface area contributed by atoms with E-state index in [0.29, 0.717) is 0 Å². The van der Waals surface area contributed by atoms with Gasteiger partial charge in [0.1, 0.15) is 12.6 Å². The van der Waals surface area contributed by atoms with Gasteiger partial charge in [0, 0.05) is 13.0 Å². The van der Waals surface area contributed by atoms with Gasteiger partial charge in [0.25, 0.3) is 0 Å². The molecule has 2 amide bonds. The average Bonchev–Trinajstić information content (AvgIpc) is 3.09. The highest BCUT2D eigenvalue weighted by molar-refractivity contribution is 5.86. The highest BCUT2D eigenvalue weighted by atomic mass is 19.3. The minimum atomic E-state index is -4.14. The number of carbonyl (C=O) groups excluding carboxylic acids is 2. The molecule has 0 aromatic heterocycles. The number of alkyl carbamates (subject to hydrolysis) is 1. The Kier molecular flexibility index (Phi) is 7.04. The van der Waals surface area contributed by atoms with Crippen LogP contribution in [0.3, 0.4) is 0 Å². The highest BCUT2D eigenvalue weighted by Crippen LogP contribution is 2.44. The second kappa shape index (κ2) is 9.73. The first kappa shape index (κ1) is 23.1. The first-order chi connectivity index (χ1) is 15.2. The number of aliphatic carboxylic acids is 1. The molecule has 3 N–H and O–H groups in total. The summed E-state index contributed by atoms with van der Waals surface area (Å²) in [5, 5.41) is 12.5. The molecular formula is C22H22F2N2O6. The van der Waals surface area contributed by atoms with E-state index in [9.17, 15) is 23.2 Å². The van der Waals surface area contributed by atoms with Crippen LogP contribution in [0, 0.1) is 0 Å². The Labute approximate surface area is 182 Å². The van der Waals surface area contributed by atoms with Crippen LogP contribution in [-0.4, -0.2) is 61.9 Å². The van der Waals surface area contributed by atoms with E-state index in [1.807, 2.05) is 48.5 Å². The van der Waals surface area contributed by atoms with Crippen molar-refractivity contribution in [2.24, 2.45) is 0 Å². The van der Waals surface area contributed by atoms with Crippen molar-refractivity contribution < 1.29 is 37.7 Å². The van der Waals surface area contributed by atoms with Gasteiger partial charge in [-0.3, -0.25) is 4.79 Å². The van der Waals surface area contributed by atoms with Crippen molar-refractivity contribution in [2.45, 2.75) is 17.9 Å². The van der Waals surface area contributed by atoms with E-state index in [1.165, 1.54) is 7.11 Å². The quantitative estimate of drug-likeness (QED) is 0.543. The summed E-state index contributed by atoms with van der Waals surface area (Å²) >= 11 is 0. The van der Waals surface area contributed by atoms with Crippen LogP contribution in [0.25, 0.3) is 11.1 Å². The number of hydrogen-bond donors (Lipinski definition) is 3. The van der Waals surface area contributed by atoms with Crippen molar-refractivity contribution in [1.29, 1.82) is 0 Å². The molecule has 10 heteroatoms. The summed E-state index contributed by atoms with van der Waals surface area (Å²) in [5.74, 6) is -7.74. The number of benzene rings is 2. The average molecular weight is 448 g/mol. The molecule has 0 fully saturated rings. The molecule has 1 atom stereocenters. The van der Waals surface area contributed by atoms with Gasteiger partial charge in [0.05, 0.1) is 13.2 Å². The predicted molar refractivity (Wildman–Crippen MR) is 109 cm³/mol. The molecule has 0 aliphatic heterocycles. The van der Waals surface area contributed by atoms with E-state index in [-0.39, 0.29) is 19.1 Å². The third-order valence-electron chi connectivity index (χ3n) is 5.08. The fourth-order valence-electron chi connectivity index (χ4n) is 3.53. The lowest BCUT2D eigenvalue weighted by molar-refractivity contribution is -0.164. The van der Waals surface area contributed by atoms with Gasteiger partial charge >= 0.3 is 18.0 Å². The summed E-state index contributed by atoms with van der Waals surface area (Å²) in [6.07, 6.45) is -0.936. The Balaban J connectivity index is 1.61. The predicted octanol–water partition coefficient (Wildman–Crippen LogP) is 2.38. The molecule has 0 spiro atoms. The topological polar surface area (TPSA) is 114 Å². The number of alkyl halides is 2. The van der Waals surface area contributed by atoms with Crippen molar-refractivity contribution >= 4 is 18.0 Å². The number of carbonyl (C=O) groups is 3. The van der Waals surface area contributed by atoms with Crippen molar-refractivity contribution in [3.05, 3.63) is 59.7 Å². The molecule has 0 saturated carbocycles. The Morgan fingerprint density at radius 2 is 1.62 bits per heavy atom. The Morgan fingerprint density at radius 3 is 2.16 bits per heavy atom. The zero-order chi connectivity index (χ0) is 23.3. The number of carboxylic acids is 1. The van der Waals surface area contributed by atoms with Gasteiger partial charge in [0.2, 0.25) is 5.91 Å². The maximum atomic E-state index is 13.2. The zero-order valence-electron chi connectivity index (χ0n) is 17.1. The van der Waals surface area contributed by atoms with Crippen molar-refractivity contribution in [1.82, 2.24) is 10.6 Å². The maximum absolute atomic E-state index is 13.2. The lowest BCUT2D eigenvalue weighted by Gasteiger charge is -2.20. The zero-order valence-corrected chi connectivity index (χ0v) is 17.1. The molecule has 1 aliphatic rings. The van der Waals surface area contributed by atoms with Crippen LogP contribution < -0.4 is 10.6 Å². The molecule has 2 aromatic carbocycles.